The number of pyridine rings is 2. The molecule has 0 bridgehead atoms. The molecule has 1 aliphatic carbocycles. The molecule has 2 heterocycles. The van der Waals surface area contributed by atoms with E-state index in [0.717, 1.165) is 35.1 Å². The van der Waals surface area contributed by atoms with Gasteiger partial charge in [-0.05, 0) is 60.4 Å². The molecule has 0 unspecified atom stereocenters. The van der Waals surface area contributed by atoms with Crippen molar-refractivity contribution in [2.24, 2.45) is 0 Å². The molecular formula is C17H14N2O. The van der Waals surface area contributed by atoms with Crippen molar-refractivity contribution in [3.05, 3.63) is 71.3 Å². The van der Waals surface area contributed by atoms with Crippen LogP contribution in [-0.2, 0) is 4.79 Å². The maximum absolute atomic E-state index is 12.3. The Balaban J connectivity index is 1.85. The fraction of sp³-hybridized carbons (Fsp3) is 0.118. The van der Waals surface area contributed by atoms with Gasteiger partial charge in [-0.25, -0.2) is 0 Å². The van der Waals surface area contributed by atoms with Gasteiger partial charge in [0.1, 0.15) is 0 Å². The van der Waals surface area contributed by atoms with E-state index < -0.39 is 0 Å². The maximum atomic E-state index is 12.3. The molecule has 1 fully saturated rings. The smallest absolute Gasteiger partial charge is 0.185 e. The summed E-state index contributed by atoms with van der Waals surface area (Å²) in [7, 11) is 0. The maximum Gasteiger partial charge on any atom is 0.185 e. The van der Waals surface area contributed by atoms with Crippen LogP contribution in [0.5, 0.6) is 0 Å². The summed E-state index contributed by atoms with van der Waals surface area (Å²) in [6.45, 7) is 0. The van der Waals surface area contributed by atoms with Crippen LogP contribution in [0.15, 0.2) is 60.2 Å². The van der Waals surface area contributed by atoms with Crippen LogP contribution in [-0.4, -0.2) is 15.8 Å². The van der Waals surface area contributed by atoms with E-state index in [9.17, 15) is 4.79 Å². The predicted octanol–water partition coefficient (Wildman–Crippen LogP) is 3.31. The number of nitrogens with zero attached hydrogens (tertiary/aromatic N) is 2. The van der Waals surface area contributed by atoms with Gasteiger partial charge < -0.3 is 0 Å². The first kappa shape index (κ1) is 12.5. The van der Waals surface area contributed by atoms with Crippen molar-refractivity contribution in [1.82, 2.24) is 9.97 Å². The van der Waals surface area contributed by atoms with Gasteiger partial charge in [0, 0.05) is 35.9 Å². The number of aromatic nitrogens is 2. The largest absolute Gasteiger partial charge is 0.289 e. The first-order valence-electron chi connectivity index (χ1n) is 6.59. The van der Waals surface area contributed by atoms with Gasteiger partial charge in [0.2, 0.25) is 0 Å². The number of rotatable bonds is 2. The minimum absolute atomic E-state index is 0.152. The van der Waals surface area contributed by atoms with E-state index in [-0.39, 0.29) is 5.78 Å². The summed E-state index contributed by atoms with van der Waals surface area (Å²) in [4.78, 5) is 20.3. The van der Waals surface area contributed by atoms with Crippen LogP contribution >= 0.6 is 0 Å². The van der Waals surface area contributed by atoms with Crippen LogP contribution in [0.3, 0.4) is 0 Å². The topological polar surface area (TPSA) is 42.9 Å². The van der Waals surface area contributed by atoms with Crippen LogP contribution in [0.4, 0.5) is 0 Å². The van der Waals surface area contributed by atoms with Crippen LogP contribution in [0.2, 0.25) is 0 Å². The standard InChI is InChI=1S/C17H14N2O/c20-17-15(11-13-3-7-18-8-4-13)1-2-16(17)12-14-5-9-19-10-6-14/h3-12H,1-2H2. The Morgan fingerprint density at radius 3 is 1.55 bits per heavy atom. The van der Waals surface area contributed by atoms with Crippen molar-refractivity contribution in [2.75, 3.05) is 0 Å². The molecule has 0 aliphatic heterocycles. The summed E-state index contributed by atoms with van der Waals surface area (Å²) in [5.74, 6) is 0.152. The van der Waals surface area contributed by atoms with E-state index in [2.05, 4.69) is 9.97 Å². The summed E-state index contributed by atoms with van der Waals surface area (Å²) < 4.78 is 0. The molecule has 3 rings (SSSR count). The van der Waals surface area contributed by atoms with Gasteiger partial charge in [-0.2, -0.15) is 0 Å². The minimum atomic E-state index is 0.152. The van der Waals surface area contributed by atoms with Crippen LogP contribution in [0, 0.1) is 0 Å². The predicted molar refractivity (Wildman–Crippen MR) is 78.7 cm³/mol. The molecule has 98 valence electrons. The zero-order valence-corrected chi connectivity index (χ0v) is 11.0. The highest BCUT2D eigenvalue weighted by Gasteiger charge is 2.22. The van der Waals surface area contributed by atoms with E-state index in [1.807, 2.05) is 36.4 Å². The Bertz CT molecular complexity index is 613. The highest BCUT2D eigenvalue weighted by Crippen LogP contribution is 2.29. The number of hydrogen-bond acceptors (Lipinski definition) is 3. The zero-order valence-electron chi connectivity index (χ0n) is 11.0. The Hall–Kier alpha value is -2.55. The SMILES string of the molecule is O=C1C(=Cc2ccncc2)CCC1=Cc1ccncc1. The molecule has 0 aromatic carbocycles. The number of Topliss-reactive ketones (excluding diaryl/α,β-unsaturated/α-hetero) is 1. The number of carbonyl (C=O) groups excluding carboxylic acids is 1. The third-order valence-corrected chi connectivity index (χ3v) is 3.34. The summed E-state index contributed by atoms with van der Waals surface area (Å²) in [5, 5.41) is 0. The van der Waals surface area contributed by atoms with Gasteiger partial charge in [-0.1, -0.05) is 0 Å². The Labute approximate surface area is 117 Å². The normalized spacial score (nSPS) is 18.9. The lowest BCUT2D eigenvalue weighted by atomic mass is 10.1. The minimum Gasteiger partial charge on any atom is -0.289 e. The second kappa shape index (κ2) is 5.61. The van der Waals surface area contributed by atoms with Gasteiger partial charge in [-0.15, -0.1) is 0 Å². The lowest BCUT2D eigenvalue weighted by Gasteiger charge is -1.97. The molecule has 0 saturated heterocycles. The Morgan fingerprint density at radius 2 is 1.15 bits per heavy atom. The molecule has 3 nitrogen and oxygen atoms in total. The van der Waals surface area contributed by atoms with E-state index >= 15 is 0 Å². The number of carbonyl (C=O) groups is 1. The van der Waals surface area contributed by atoms with Crippen molar-refractivity contribution >= 4 is 17.9 Å². The molecule has 2 aromatic heterocycles. The molecule has 3 heteroatoms. The molecule has 2 aromatic rings. The van der Waals surface area contributed by atoms with Crippen molar-refractivity contribution in [3.8, 4) is 0 Å². The van der Waals surface area contributed by atoms with Crippen LogP contribution < -0.4 is 0 Å². The second-order valence-corrected chi connectivity index (χ2v) is 4.73. The quantitative estimate of drug-likeness (QED) is 0.780. The van der Waals surface area contributed by atoms with Crippen molar-refractivity contribution < 1.29 is 4.79 Å². The first-order valence-corrected chi connectivity index (χ1v) is 6.59. The second-order valence-electron chi connectivity index (χ2n) is 4.73. The van der Waals surface area contributed by atoms with E-state index in [1.54, 1.807) is 24.8 Å². The van der Waals surface area contributed by atoms with E-state index in [0.29, 0.717) is 0 Å². The molecule has 1 saturated carbocycles. The lowest BCUT2D eigenvalue weighted by Crippen LogP contribution is -1.95. The van der Waals surface area contributed by atoms with Crippen LogP contribution in [0.1, 0.15) is 24.0 Å². The summed E-state index contributed by atoms with van der Waals surface area (Å²) >= 11 is 0. The Kier molecular flexibility index (Phi) is 3.50. The van der Waals surface area contributed by atoms with Gasteiger partial charge >= 0.3 is 0 Å². The number of hydrogen-bond donors (Lipinski definition) is 0. The van der Waals surface area contributed by atoms with E-state index in [4.69, 9.17) is 0 Å². The summed E-state index contributed by atoms with van der Waals surface area (Å²) in [5.41, 5.74) is 3.79. The van der Waals surface area contributed by atoms with Crippen molar-refractivity contribution in [3.63, 3.8) is 0 Å². The summed E-state index contributed by atoms with van der Waals surface area (Å²) in [6.07, 6.45) is 12.5. The van der Waals surface area contributed by atoms with Crippen molar-refractivity contribution in [1.29, 1.82) is 0 Å². The third-order valence-electron chi connectivity index (χ3n) is 3.34. The number of allylic oxidation sites excluding steroid dienone is 2. The average molecular weight is 262 g/mol. The molecule has 20 heavy (non-hydrogen) atoms. The lowest BCUT2D eigenvalue weighted by molar-refractivity contribution is -0.111. The zero-order chi connectivity index (χ0) is 13.8. The molecule has 1 aliphatic rings. The molecule has 0 atom stereocenters. The summed E-state index contributed by atoms with van der Waals surface area (Å²) in [6, 6.07) is 7.63. The fourth-order valence-corrected chi connectivity index (χ4v) is 2.30. The first-order chi connectivity index (χ1) is 9.83. The number of ketones is 1. The van der Waals surface area contributed by atoms with Gasteiger partial charge in [0.25, 0.3) is 0 Å². The monoisotopic (exact) mass is 262 g/mol. The van der Waals surface area contributed by atoms with Gasteiger partial charge in [0.15, 0.2) is 5.78 Å². The fourth-order valence-electron chi connectivity index (χ4n) is 2.30. The molecule has 0 N–H and O–H groups in total. The highest BCUT2D eigenvalue weighted by molar-refractivity contribution is 6.15. The van der Waals surface area contributed by atoms with Crippen LogP contribution in [0.25, 0.3) is 12.2 Å². The molecule has 0 spiro atoms. The third kappa shape index (κ3) is 2.72. The molecular weight excluding hydrogens is 248 g/mol. The average Bonchev–Trinajstić information content (AvgIpc) is 2.83. The van der Waals surface area contributed by atoms with E-state index in [1.165, 1.54) is 0 Å². The highest BCUT2D eigenvalue weighted by atomic mass is 16.1. The molecule has 0 radical (unpaired) electrons. The van der Waals surface area contributed by atoms with Gasteiger partial charge in [-0.3, -0.25) is 14.8 Å². The Morgan fingerprint density at radius 1 is 0.750 bits per heavy atom. The van der Waals surface area contributed by atoms with Crippen molar-refractivity contribution in [2.45, 2.75) is 12.8 Å². The molecule has 0 amide bonds. The van der Waals surface area contributed by atoms with Gasteiger partial charge in [0.05, 0.1) is 0 Å².